The number of hydrogen-bond donors (Lipinski definition) is 1. The van der Waals surface area contributed by atoms with Crippen LogP contribution in [0.15, 0.2) is 0 Å². The number of rotatable bonds is 3. The Morgan fingerprint density at radius 1 is 1.61 bits per heavy atom. The van der Waals surface area contributed by atoms with Crippen LogP contribution in [0.25, 0.3) is 0 Å². The number of halogens is 1. The van der Waals surface area contributed by atoms with Crippen LogP contribution in [0.3, 0.4) is 0 Å². The number of aliphatic hydroxyl groups is 1. The van der Waals surface area contributed by atoms with Crippen LogP contribution >= 0.6 is 11.6 Å². The average molecular weight is 273 g/mol. The molecular formula is C13H21ClN2O2. The van der Waals surface area contributed by atoms with Crippen molar-refractivity contribution in [2.45, 2.75) is 50.7 Å². The lowest BCUT2D eigenvalue weighted by atomic mass is 9.80. The highest BCUT2D eigenvalue weighted by atomic mass is 35.5. The average Bonchev–Trinajstić information content (AvgIpc) is 2.56. The van der Waals surface area contributed by atoms with Crippen LogP contribution in [0.2, 0.25) is 5.02 Å². The molecular weight excluding hydrogens is 252 g/mol. The van der Waals surface area contributed by atoms with Crippen LogP contribution in [-0.2, 0) is 18.2 Å². The van der Waals surface area contributed by atoms with Gasteiger partial charge in [-0.3, -0.25) is 4.68 Å². The Hall–Kier alpha value is -0.580. The molecule has 2 unspecified atom stereocenters. The van der Waals surface area contributed by atoms with Crippen molar-refractivity contribution in [3.05, 3.63) is 16.4 Å². The number of methoxy groups -OCH3 is 1. The van der Waals surface area contributed by atoms with Crippen LogP contribution in [-0.4, -0.2) is 33.7 Å². The molecule has 1 aliphatic carbocycles. The minimum Gasteiger partial charge on any atom is -0.389 e. The smallest absolute Gasteiger partial charge is 0.0848 e. The standard InChI is InChI=1S/C13H21ClN2O2/c1-9-12(14)11(16(2)15-9)8-13(17)6-4-5-10(7-13)18-3/h10,17H,4-8H2,1-3H3. The van der Waals surface area contributed by atoms with E-state index in [1.807, 2.05) is 14.0 Å². The third-order valence-corrected chi connectivity index (χ3v) is 4.36. The van der Waals surface area contributed by atoms with Gasteiger partial charge >= 0.3 is 0 Å². The summed E-state index contributed by atoms with van der Waals surface area (Å²) in [6.07, 6.45) is 4.18. The van der Waals surface area contributed by atoms with Crippen molar-refractivity contribution in [3.8, 4) is 0 Å². The molecule has 1 aliphatic rings. The zero-order valence-corrected chi connectivity index (χ0v) is 12.0. The summed E-state index contributed by atoms with van der Waals surface area (Å²) in [6.45, 7) is 1.88. The van der Waals surface area contributed by atoms with Gasteiger partial charge in [-0.25, -0.2) is 0 Å². The third kappa shape index (κ3) is 2.71. The molecule has 2 atom stereocenters. The van der Waals surface area contributed by atoms with Gasteiger partial charge in [0.2, 0.25) is 0 Å². The van der Waals surface area contributed by atoms with E-state index in [1.54, 1.807) is 11.8 Å². The van der Waals surface area contributed by atoms with Gasteiger partial charge in [-0.15, -0.1) is 0 Å². The van der Waals surface area contributed by atoms with E-state index >= 15 is 0 Å². The zero-order chi connectivity index (χ0) is 13.3. The van der Waals surface area contributed by atoms with Gasteiger partial charge in [-0.05, 0) is 26.2 Å². The second-order valence-electron chi connectivity index (χ2n) is 5.32. The Labute approximate surface area is 113 Å². The first-order valence-electron chi connectivity index (χ1n) is 6.38. The lowest BCUT2D eigenvalue weighted by molar-refractivity contribution is -0.0590. The van der Waals surface area contributed by atoms with Gasteiger partial charge in [0.25, 0.3) is 0 Å². The highest BCUT2D eigenvalue weighted by Crippen LogP contribution is 2.34. The van der Waals surface area contributed by atoms with Crippen molar-refractivity contribution >= 4 is 11.6 Å². The summed E-state index contributed by atoms with van der Waals surface area (Å²) < 4.78 is 7.14. The molecule has 1 fully saturated rings. The largest absolute Gasteiger partial charge is 0.389 e. The van der Waals surface area contributed by atoms with Crippen LogP contribution in [0, 0.1) is 6.92 Å². The van der Waals surface area contributed by atoms with Crippen molar-refractivity contribution < 1.29 is 9.84 Å². The monoisotopic (exact) mass is 272 g/mol. The van der Waals surface area contributed by atoms with Crippen molar-refractivity contribution in [2.75, 3.05) is 7.11 Å². The lowest BCUT2D eigenvalue weighted by Gasteiger charge is -2.36. The molecule has 102 valence electrons. The summed E-state index contributed by atoms with van der Waals surface area (Å²) in [5.74, 6) is 0. The van der Waals surface area contributed by atoms with Crippen molar-refractivity contribution in [1.29, 1.82) is 0 Å². The molecule has 0 aromatic carbocycles. The molecule has 0 amide bonds. The molecule has 0 saturated heterocycles. The molecule has 0 spiro atoms. The molecule has 0 bridgehead atoms. The van der Waals surface area contributed by atoms with E-state index in [9.17, 15) is 5.11 Å². The summed E-state index contributed by atoms with van der Waals surface area (Å²) in [5.41, 5.74) is 1.01. The second-order valence-corrected chi connectivity index (χ2v) is 5.70. The summed E-state index contributed by atoms with van der Waals surface area (Å²) in [6, 6.07) is 0. The van der Waals surface area contributed by atoms with Crippen molar-refractivity contribution in [2.24, 2.45) is 7.05 Å². The normalized spacial score (nSPS) is 28.6. The SMILES string of the molecule is COC1CCCC(O)(Cc2c(Cl)c(C)nn2C)C1. The molecule has 18 heavy (non-hydrogen) atoms. The molecule has 1 N–H and O–H groups in total. The quantitative estimate of drug-likeness (QED) is 0.918. The zero-order valence-electron chi connectivity index (χ0n) is 11.2. The molecule has 0 radical (unpaired) electrons. The number of ether oxygens (including phenoxy) is 1. The number of aryl methyl sites for hydroxylation is 2. The Morgan fingerprint density at radius 2 is 2.33 bits per heavy atom. The summed E-state index contributed by atoms with van der Waals surface area (Å²) in [5, 5.41) is 15.7. The van der Waals surface area contributed by atoms with E-state index in [1.165, 1.54) is 0 Å². The van der Waals surface area contributed by atoms with Gasteiger partial charge in [-0.2, -0.15) is 5.10 Å². The molecule has 0 aliphatic heterocycles. The summed E-state index contributed by atoms with van der Waals surface area (Å²) in [7, 11) is 3.58. The molecule has 1 saturated carbocycles. The van der Waals surface area contributed by atoms with Gasteiger partial charge in [0.1, 0.15) is 0 Å². The molecule has 5 heteroatoms. The van der Waals surface area contributed by atoms with E-state index in [-0.39, 0.29) is 6.10 Å². The Morgan fingerprint density at radius 3 is 2.89 bits per heavy atom. The van der Waals surface area contributed by atoms with Gasteiger partial charge < -0.3 is 9.84 Å². The molecule has 1 heterocycles. The highest BCUT2D eigenvalue weighted by molar-refractivity contribution is 6.31. The Bertz CT molecular complexity index is 433. The number of nitrogens with zero attached hydrogens (tertiary/aromatic N) is 2. The van der Waals surface area contributed by atoms with Crippen LogP contribution in [0.5, 0.6) is 0 Å². The first kappa shape index (κ1) is 13.8. The van der Waals surface area contributed by atoms with Crippen LogP contribution in [0.4, 0.5) is 0 Å². The van der Waals surface area contributed by atoms with E-state index in [4.69, 9.17) is 16.3 Å². The fourth-order valence-electron chi connectivity index (χ4n) is 2.83. The van der Waals surface area contributed by atoms with Gasteiger partial charge in [0.05, 0.1) is 28.1 Å². The van der Waals surface area contributed by atoms with E-state index in [0.717, 1.165) is 30.7 Å². The van der Waals surface area contributed by atoms with E-state index < -0.39 is 5.60 Å². The lowest BCUT2D eigenvalue weighted by Crippen LogP contribution is -2.40. The maximum Gasteiger partial charge on any atom is 0.0848 e. The first-order chi connectivity index (χ1) is 8.45. The van der Waals surface area contributed by atoms with Crippen molar-refractivity contribution in [3.63, 3.8) is 0 Å². The number of hydrogen-bond acceptors (Lipinski definition) is 3. The predicted molar refractivity (Wildman–Crippen MR) is 70.9 cm³/mol. The fraction of sp³-hybridized carbons (Fsp3) is 0.769. The van der Waals surface area contributed by atoms with Gasteiger partial charge in [0, 0.05) is 27.0 Å². The minimum atomic E-state index is -0.719. The fourth-order valence-corrected chi connectivity index (χ4v) is 3.06. The van der Waals surface area contributed by atoms with E-state index in [0.29, 0.717) is 17.9 Å². The van der Waals surface area contributed by atoms with Crippen LogP contribution < -0.4 is 0 Å². The Balaban J connectivity index is 2.16. The maximum absolute atomic E-state index is 10.7. The second kappa shape index (κ2) is 5.19. The minimum absolute atomic E-state index is 0.150. The third-order valence-electron chi connectivity index (χ3n) is 3.87. The van der Waals surface area contributed by atoms with Crippen LogP contribution in [0.1, 0.15) is 37.1 Å². The van der Waals surface area contributed by atoms with Crippen molar-refractivity contribution in [1.82, 2.24) is 9.78 Å². The van der Waals surface area contributed by atoms with Gasteiger partial charge in [-0.1, -0.05) is 11.6 Å². The molecule has 1 aromatic heterocycles. The Kier molecular flexibility index (Phi) is 3.99. The number of aromatic nitrogens is 2. The first-order valence-corrected chi connectivity index (χ1v) is 6.76. The molecule has 4 nitrogen and oxygen atoms in total. The van der Waals surface area contributed by atoms with Gasteiger partial charge in [0.15, 0.2) is 0 Å². The topological polar surface area (TPSA) is 47.3 Å². The summed E-state index contributed by atoms with van der Waals surface area (Å²) in [4.78, 5) is 0. The summed E-state index contributed by atoms with van der Waals surface area (Å²) >= 11 is 6.24. The molecule has 1 aromatic rings. The van der Waals surface area contributed by atoms with E-state index in [2.05, 4.69) is 5.10 Å². The maximum atomic E-state index is 10.7. The molecule has 2 rings (SSSR count). The predicted octanol–water partition coefficient (Wildman–Crippen LogP) is 2.24. The highest BCUT2D eigenvalue weighted by Gasteiger charge is 2.36.